The fourth-order valence-corrected chi connectivity index (χ4v) is 2.34. The topological polar surface area (TPSA) is 98.5 Å². The van der Waals surface area contributed by atoms with Gasteiger partial charge in [-0.3, -0.25) is 10.1 Å². The predicted molar refractivity (Wildman–Crippen MR) is 82.0 cm³/mol. The number of carbonyl (C=O) groups excluding carboxylic acids is 1. The molecule has 0 atom stereocenters. The van der Waals surface area contributed by atoms with Gasteiger partial charge in [0.2, 0.25) is 11.1 Å². The normalized spacial score (nSPS) is 11.4. The van der Waals surface area contributed by atoms with Crippen molar-refractivity contribution in [2.24, 2.45) is 0 Å². The van der Waals surface area contributed by atoms with Crippen LogP contribution in [0.15, 0.2) is 6.20 Å². The van der Waals surface area contributed by atoms with Gasteiger partial charge in [-0.05, 0) is 46.2 Å². The molecular formula is C13H19ClN4O4. The van der Waals surface area contributed by atoms with Crippen molar-refractivity contribution in [1.29, 1.82) is 0 Å². The summed E-state index contributed by atoms with van der Waals surface area (Å²) >= 11 is 5.77. The number of rotatable bonds is 6. The first kappa shape index (κ1) is 18.1. The van der Waals surface area contributed by atoms with E-state index in [0.29, 0.717) is 0 Å². The molecule has 8 nitrogen and oxygen atoms in total. The van der Waals surface area contributed by atoms with E-state index in [1.807, 2.05) is 0 Å². The molecule has 0 N–H and O–H groups in total. The van der Waals surface area contributed by atoms with Crippen LogP contribution in [-0.2, 0) is 9.53 Å². The number of carbonyl (C=O) groups is 1. The summed E-state index contributed by atoms with van der Waals surface area (Å²) in [6, 6.07) is -0.260. The van der Waals surface area contributed by atoms with Gasteiger partial charge in [-0.1, -0.05) is 0 Å². The van der Waals surface area contributed by atoms with Gasteiger partial charge in [0.05, 0.1) is 11.5 Å². The van der Waals surface area contributed by atoms with Gasteiger partial charge in [0.25, 0.3) is 0 Å². The average Bonchev–Trinajstić information content (AvgIpc) is 2.37. The third-order valence-electron chi connectivity index (χ3n) is 3.04. The van der Waals surface area contributed by atoms with Crippen molar-refractivity contribution < 1.29 is 14.5 Å². The molecule has 0 amide bonds. The Balaban J connectivity index is 3.47. The number of hydrogen-bond donors (Lipinski definition) is 0. The van der Waals surface area contributed by atoms with E-state index in [4.69, 9.17) is 16.3 Å². The summed E-state index contributed by atoms with van der Waals surface area (Å²) < 4.78 is 5.06. The van der Waals surface area contributed by atoms with Crippen molar-refractivity contribution in [3.8, 4) is 0 Å². The van der Waals surface area contributed by atoms with Crippen LogP contribution in [0.5, 0.6) is 0 Å². The summed E-state index contributed by atoms with van der Waals surface area (Å²) in [6.45, 7) is 8.72. The summed E-state index contributed by atoms with van der Waals surface area (Å²) in [4.78, 5) is 32.0. The summed E-state index contributed by atoms with van der Waals surface area (Å²) in [5.41, 5.74) is -1.48. The lowest BCUT2D eigenvalue weighted by atomic mass is 10.0. The van der Waals surface area contributed by atoms with Gasteiger partial charge in [0.1, 0.15) is 11.7 Å². The largest absolute Gasteiger partial charge is 0.464 e. The maximum atomic E-state index is 12.2. The molecule has 0 fully saturated rings. The van der Waals surface area contributed by atoms with Gasteiger partial charge in [-0.15, -0.1) is 0 Å². The summed E-state index contributed by atoms with van der Waals surface area (Å²) in [5, 5.41) is 11.1. The summed E-state index contributed by atoms with van der Waals surface area (Å²) in [5.74, 6) is -0.522. The van der Waals surface area contributed by atoms with E-state index in [2.05, 4.69) is 9.97 Å². The van der Waals surface area contributed by atoms with E-state index in [1.165, 1.54) is 4.90 Å². The van der Waals surface area contributed by atoms with E-state index in [-0.39, 0.29) is 29.4 Å². The molecule has 9 heteroatoms. The Morgan fingerprint density at radius 3 is 2.59 bits per heavy atom. The van der Waals surface area contributed by atoms with Crippen molar-refractivity contribution in [2.75, 3.05) is 11.5 Å². The van der Waals surface area contributed by atoms with Crippen LogP contribution >= 0.6 is 11.6 Å². The molecule has 0 aliphatic heterocycles. The minimum absolute atomic E-state index is 0.0157. The molecular weight excluding hydrogens is 312 g/mol. The number of anilines is 1. The molecule has 0 saturated heterocycles. The van der Waals surface area contributed by atoms with Crippen LogP contribution in [-0.4, -0.2) is 39.0 Å². The molecule has 0 aromatic carbocycles. The Labute approximate surface area is 133 Å². The van der Waals surface area contributed by atoms with Crippen molar-refractivity contribution in [2.45, 2.75) is 46.2 Å². The Morgan fingerprint density at radius 1 is 1.55 bits per heavy atom. The third-order valence-corrected chi connectivity index (χ3v) is 3.22. The molecule has 1 rings (SSSR count). The molecule has 0 bridgehead atoms. The highest BCUT2D eigenvalue weighted by Crippen LogP contribution is 2.33. The number of hydrogen-bond acceptors (Lipinski definition) is 7. The van der Waals surface area contributed by atoms with Crippen LogP contribution in [0.3, 0.4) is 0 Å². The highest BCUT2D eigenvalue weighted by molar-refractivity contribution is 6.28. The zero-order chi connectivity index (χ0) is 17.1. The Hall–Kier alpha value is -1.96. The fraction of sp³-hybridized carbons (Fsp3) is 0.615. The number of ether oxygens (including phenoxy) is 1. The molecule has 122 valence electrons. The first-order valence-corrected chi connectivity index (χ1v) is 7.14. The minimum atomic E-state index is -1.16. The summed E-state index contributed by atoms with van der Waals surface area (Å²) in [7, 11) is 0. The van der Waals surface area contributed by atoms with Crippen molar-refractivity contribution >= 4 is 29.1 Å². The molecule has 0 saturated carbocycles. The van der Waals surface area contributed by atoms with Gasteiger partial charge in [-0.25, -0.2) is 9.78 Å². The van der Waals surface area contributed by atoms with Gasteiger partial charge in [0, 0.05) is 6.04 Å². The maximum absolute atomic E-state index is 12.2. The smallest absolute Gasteiger partial charge is 0.331 e. The van der Waals surface area contributed by atoms with Crippen molar-refractivity contribution in [3.05, 3.63) is 21.6 Å². The van der Waals surface area contributed by atoms with Crippen LogP contribution in [0.2, 0.25) is 5.28 Å². The predicted octanol–water partition coefficient (Wildman–Crippen LogP) is 2.59. The lowest BCUT2D eigenvalue weighted by Gasteiger charge is -2.39. The van der Waals surface area contributed by atoms with E-state index >= 15 is 0 Å². The zero-order valence-electron chi connectivity index (χ0n) is 13.2. The fourth-order valence-electron chi connectivity index (χ4n) is 2.21. The van der Waals surface area contributed by atoms with Gasteiger partial charge in [0.15, 0.2) is 0 Å². The van der Waals surface area contributed by atoms with E-state index in [9.17, 15) is 14.9 Å². The standard InChI is InChI=1S/C13H19ClN4O4/c1-6-22-11(19)13(4,5)17(8(2)3)10-9(18(20)21)7-15-12(14)16-10/h7-8H,6H2,1-5H3. The molecule has 0 spiro atoms. The second kappa shape index (κ2) is 6.87. The first-order chi connectivity index (χ1) is 10.1. The lowest BCUT2D eigenvalue weighted by Crippen LogP contribution is -2.55. The van der Waals surface area contributed by atoms with Crippen LogP contribution in [0, 0.1) is 10.1 Å². The van der Waals surface area contributed by atoms with Crippen LogP contribution in [0.25, 0.3) is 0 Å². The van der Waals surface area contributed by atoms with Gasteiger partial charge >= 0.3 is 11.7 Å². The van der Waals surface area contributed by atoms with Crippen molar-refractivity contribution in [1.82, 2.24) is 9.97 Å². The third kappa shape index (κ3) is 3.62. The van der Waals surface area contributed by atoms with E-state index in [1.54, 1.807) is 34.6 Å². The van der Waals surface area contributed by atoms with E-state index in [0.717, 1.165) is 6.20 Å². The second-order valence-corrected chi connectivity index (χ2v) is 5.69. The van der Waals surface area contributed by atoms with Crippen molar-refractivity contribution in [3.63, 3.8) is 0 Å². The lowest BCUT2D eigenvalue weighted by molar-refractivity contribution is -0.384. The number of esters is 1. The van der Waals surface area contributed by atoms with Gasteiger partial charge in [-0.2, -0.15) is 4.98 Å². The summed E-state index contributed by atoms with van der Waals surface area (Å²) in [6.07, 6.45) is 1.03. The minimum Gasteiger partial charge on any atom is -0.464 e. The number of aromatic nitrogens is 2. The van der Waals surface area contributed by atoms with Crippen LogP contribution in [0.1, 0.15) is 34.6 Å². The Kier molecular flexibility index (Phi) is 5.65. The number of nitro groups is 1. The van der Waals surface area contributed by atoms with E-state index < -0.39 is 16.4 Å². The van der Waals surface area contributed by atoms with Crippen LogP contribution in [0.4, 0.5) is 11.5 Å². The molecule has 0 aliphatic rings. The second-order valence-electron chi connectivity index (χ2n) is 5.35. The molecule has 0 unspecified atom stereocenters. The maximum Gasteiger partial charge on any atom is 0.331 e. The molecule has 1 heterocycles. The van der Waals surface area contributed by atoms with Gasteiger partial charge < -0.3 is 9.64 Å². The first-order valence-electron chi connectivity index (χ1n) is 6.76. The molecule has 1 aromatic heterocycles. The quantitative estimate of drug-likeness (QED) is 0.342. The SMILES string of the molecule is CCOC(=O)C(C)(C)N(c1nc(Cl)ncc1[N+](=O)[O-])C(C)C. The Morgan fingerprint density at radius 2 is 2.14 bits per heavy atom. The number of nitrogens with zero attached hydrogens (tertiary/aromatic N) is 4. The molecule has 1 aromatic rings. The molecule has 0 radical (unpaired) electrons. The molecule has 0 aliphatic carbocycles. The van der Waals surface area contributed by atoms with Crippen LogP contribution < -0.4 is 4.90 Å². The monoisotopic (exact) mass is 330 g/mol. The highest BCUT2D eigenvalue weighted by Gasteiger charge is 2.41. The zero-order valence-corrected chi connectivity index (χ0v) is 13.9. The Bertz CT molecular complexity index is 577. The number of halogens is 1. The molecule has 22 heavy (non-hydrogen) atoms. The highest BCUT2D eigenvalue weighted by atomic mass is 35.5. The average molecular weight is 331 g/mol.